The Hall–Kier alpha value is -3.65. The molecule has 0 saturated heterocycles. The summed E-state index contributed by atoms with van der Waals surface area (Å²) in [4.78, 5) is 29.4. The van der Waals surface area contributed by atoms with Gasteiger partial charge in [-0.05, 0) is 68.1 Å². The number of aromatic nitrogens is 2. The highest BCUT2D eigenvalue weighted by Gasteiger charge is 2.32. The van der Waals surface area contributed by atoms with Gasteiger partial charge in [-0.25, -0.2) is 0 Å². The summed E-state index contributed by atoms with van der Waals surface area (Å²) < 4.78 is 2.93. The number of nitrogens with one attached hydrogen (secondary N) is 2. The van der Waals surface area contributed by atoms with Crippen molar-refractivity contribution in [3.8, 4) is 11.1 Å². The van der Waals surface area contributed by atoms with Gasteiger partial charge in [-0.3, -0.25) is 14.5 Å². The summed E-state index contributed by atoms with van der Waals surface area (Å²) in [6.07, 6.45) is 8.75. The third-order valence-electron chi connectivity index (χ3n) is 8.36. The second-order valence-electron chi connectivity index (χ2n) is 11.2. The zero-order valence-electron chi connectivity index (χ0n) is 23.2. The average molecular weight is 530 g/mol. The molecule has 1 saturated carbocycles. The van der Waals surface area contributed by atoms with Crippen molar-refractivity contribution in [2.45, 2.75) is 71.5 Å². The number of carbonyl (C=O) groups is 2. The van der Waals surface area contributed by atoms with E-state index in [2.05, 4.69) is 27.1 Å². The maximum atomic E-state index is 13.7. The Morgan fingerprint density at radius 3 is 2.44 bits per heavy atom. The molecule has 1 aliphatic carbocycles. The Kier molecular flexibility index (Phi) is 8.02. The van der Waals surface area contributed by atoms with Crippen LogP contribution in [0.5, 0.6) is 0 Å². The van der Waals surface area contributed by atoms with Crippen molar-refractivity contribution in [2.75, 3.05) is 18.9 Å². The van der Waals surface area contributed by atoms with Gasteiger partial charge in [0, 0.05) is 37.3 Å². The SMILES string of the molecule is Cc1cc[n+]([O-])c(C)c1-c1ccc(NC(=O)[C@@H](NC(=O)c2ccc3n2CN(C)CC3)C2CCCCCC2)cc1. The highest BCUT2D eigenvalue weighted by molar-refractivity contribution is 6.01. The lowest BCUT2D eigenvalue weighted by molar-refractivity contribution is -0.611. The molecule has 3 heterocycles. The second kappa shape index (κ2) is 11.6. The minimum atomic E-state index is -0.610. The van der Waals surface area contributed by atoms with Crippen LogP contribution in [0.4, 0.5) is 5.69 Å². The molecule has 8 nitrogen and oxygen atoms in total. The molecule has 2 N–H and O–H groups in total. The molecule has 0 bridgehead atoms. The van der Waals surface area contributed by atoms with Crippen molar-refractivity contribution in [1.82, 2.24) is 14.8 Å². The number of aryl methyl sites for hydroxylation is 1. The summed E-state index contributed by atoms with van der Waals surface area (Å²) in [5.74, 6) is -0.288. The fraction of sp³-hybridized carbons (Fsp3) is 0.452. The van der Waals surface area contributed by atoms with Crippen LogP contribution in [-0.2, 0) is 17.9 Å². The van der Waals surface area contributed by atoms with Gasteiger partial charge in [0.05, 0.1) is 12.2 Å². The maximum Gasteiger partial charge on any atom is 0.268 e. The fourth-order valence-corrected chi connectivity index (χ4v) is 6.11. The van der Waals surface area contributed by atoms with E-state index in [1.165, 1.54) is 19.0 Å². The zero-order chi connectivity index (χ0) is 27.5. The number of pyridine rings is 1. The molecule has 0 radical (unpaired) electrons. The molecule has 3 aromatic rings. The normalized spacial score (nSPS) is 17.2. The molecule has 1 fully saturated rings. The van der Waals surface area contributed by atoms with Crippen LogP contribution in [0, 0.1) is 25.0 Å². The lowest BCUT2D eigenvalue weighted by Crippen LogP contribution is -2.49. The summed E-state index contributed by atoms with van der Waals surface area (Å²) in [6.45, 7) is 5.44. The number of likely N-dealkylation sites (N-methyl/N-ethyl adjacent to an activating group) is 1. The van der Waals surface area contributed by atoms with E-state index in [0.29, 0.717) is 23.7 Å². The number of amides is 2. The summed E-state index contributed by atoms with van der Waals surface area (Å²) in [6, 6.07) is 12.7. The zero-order valence-corrected chi connectivity index (χ0v) is 23.2. The Morgan fingerprint density at radius 1 is 1.00 bits per heavy atom. The number of carbonyl (C=O) groups excluding carboxylic acids is 2. The average Bonchev–Trinajstić information content (AvgIpc) is 3.15. The standard InChI is InChI=1S/C31H39N5O3/c1-21-16-19-36(39)22(2)28(21)23-10-12-25(13-11-23)32-31(38)29(24-8-6-4-5-7-9-24)33-30(37)27-15-14-26-17-18-34(3)20-35(26)27/h10-16,19,24,29H,4-9,17-18,20H2,1-3H3,(H,32,38)(H,33,37)/t29-/m0/s1. The Balaban J connectivity index is 1.35. The van der Waals surface area contributed by atoms with Gasteiger partial charge in [-0.2, -0.15) is 4.73 Å². The van der Waals surface area contributed by atoms with Crippen molar-refractivity contribution in [3.05, 3.63) is 76.5 Å². The van der Waals surface area contributed by atoms with Crippen molar-refractivity contribution in [1.29, 1.82) is 0 Å². The van der Waals surface area contributed by atoms with E-state index in [1.54, 1.807) is 0 Å². The third-order valence-corrected chi connectivity index (χ3v) is 8.36. The molecular formula is C31H39N5O3. The van der Waals surface area contributed by atoms with Crippen molar-refractivity contribution in [3.63, 3.8) is 0 Å². The number of anilines is 1. The van der Waals surface area contributed by atoms with Crippen LogP contribution in [-0.4, -0.2) is 40.9 Å². The van der Waals surface area contributed by atoms with E-state index in [0.717, 1.165) is 65.8 Å². The van der Waals surface area contributed by atoms with Gasteiger partial charge in [0.25, 0.3) is 5.91 Å². The van der Waals surface area contributed by atoms with E-state index in [1.807, 2.05) is 56.3 Å². The molecule has 39 heavy (non-hydrogen) atoms. The molecule has 1 aliphatic heterocycles. The monoisotopic (exact) mass is 529 g/mol. The first-order valence-corrected chi connectivity index (χ1v) is 14.1. The number of rotatable bonds is 6. The molecule has 0 unspecified atom stereocenters. The minimum absolute atomic E-state index is 0.0938. The molecular weight excluding hydrogens is 490 g/mol. The first kappa shape index (κ1) is 26.9. The second-order valence-corrected chi connectivity index (χ2v) is 11.2. The number of hydrogen-bond acceptors (Lipinski definition) is 4. The van der Waals surface area contributed by atoms with Gasteiger partial charge in [-0.15, -0.1) is 0 Å². The van der Waals surface area contributed by atoms with E-state index >= 15 is 0 Å². The van der Waals surface area contributed by atoms with Gasteiger partial charge < -0.3 is 20.4 Å². The molecule has 8 heteroatoms. The first-order valence-electron chi connectivity index (χ1n) is 14.1. The van der Waals surface area contributed by atoms with Gasteiger partial charge in [0.2, 0.25) is 5.91 Å². The molecule has 1 atom stereocenters. The predicted molar refractivity (Wildman–Crippen MR) is 152 cm³/mol. The van der Waals surface area contributed by atoms with E-state index in [-0.39, 0.29) is 17.7 Å². The number of fused-ring (bicyclic) bond motifs is 1. The molecule has 5 rings (SSSR count). The molecule has 206 valence electrons. The van der Waals surface area contributed by atoms with Crippen LogP contribution in [0.25, 0.3) is 11.1 Å². The summed E-state index contributed by atoms with van der Waals surface area (Å²) >= 11 is 0. The summed E-state index contributed by atoms with van der Waals surface area (Å²) in [7, 11) is 2.05. The summed E-state index contributed by atoms with van der Waals surface area (Å²) in [5.41, 5.74) is 5.91. The van der Waals surface area contributed by atoms with Gasteiger partial charge in [0.1, 0.15) is 11.7 Å². The lowest BCUT2D eigenvalue weighted by atomic mass is 9.91. The first-order chi connectivity index (χ1) is 18.8. The predicted octanol–water partition coefficient (Wildman–Crippen LogP) is 4.56. The summed E-state index contributed by atoms with van der Waals surface area (Å²) in [5, 5.41) is 18.3. The van der Waals surface area contributed by atoms with Crippen LogP contribution in [0.1, 0.15) is 66.0 Å². The number of benzene rings is 1. The van der Waals surface area contributed by atoms with Crippen LogP contribution in [0.3, 0.4) is 0 Å². The maximum absolute atomic E-state index is 13.7. The lowest BCUT2D eigenvalue weighted by Gasteiger charge is -2.28. The molecule has 2 aliphatic rings. The largest absolute Gasteiger partial charge is 0.618 e. The number of nitrogens with zero attached hydrogens (tertiary/aromatic N) is 3. The Labute approximate surface area is 230 Å². The van der Waals surface area contributed by atoms with E-state index < -0.39 is 6.04 Å². The van der Waals surface area contributed by atoms with Gasteiger partial charge in [-0.1, -0.05) is 37.8 Å². The van der Waals surface area contributed by atoms with Crippen molar-refractivity contribution in [2.24, 2.45) is 5.92 Å². The molecule has 0 spiro atoms. The van der Waals surface area contributed by atoms with Crippen molar-refractivity contribution >= 4 is 17.5 Å². The van der Waals surface area contributed by atoms with Crippen molar-refractivity contribution < 1.29 is 14.3 Å². The smallest absolute Gasteiger partial charge is 0.268 e. The third kappa shape index (κ3) is 5.86. The molecule has 2 amide bonds. The Morgan fingerprint density at radius 2 is 1.72 bits per heavy atom. The topological polar surface area (TPSA) is 93.3 Å². The van der Waals surface area contributed by atoms with Crippen LogP contribution >= 0.6 is 0 Å². The Bertz CT molecular complexity index is 1340. The minimum Gasteiger partial charge on any atom is -0.618 e. The van der Waals surface area contributed by atoms with E-state index in [4.69, 9.17) is 0 Å². The van der Waals surface area contributed by atoms with E-state index in [9.17, 15) is 14.8 Å². The molecule has 2 aromatic heterocycles. The highest BCUT2D eigenvalue weighted by atomic mass is 16.5. The number of hydrogen-bond donors (Lipinski definition) is 2. The highest BCUT2D eigenvalue weighted by Crippen LogP contribution is 2.29. The van der Waals surface area contributed by atoms with Crippen LogP contribution < -0.4 is 15.4 Å². The van der Waals surface area contributed by atoms with Gasteiger partial charge in [0.15, 0.2) is 11.9 Å². The van der Waals surface area contributed by atoms with Gasteiger partial charge >= 0.3 is 0 Å². The quantitative estimate of drug-likeness (QED) is 0.278. The molecule has 1 aromatic carbocycles. The van der Waals surface area contributed by atoms with Crippen LogP contribution in [0.2, 0.25) is 0 Å². The fourth-order valence-electron chi connectivity index (χ4n) is 6.11. The van der Waals surface area contributed by atoms with Crippen LogP contribution in [0.15, 0.2) is 48.7 Å².